The molecule has 1 aliphatic rings. The molecule has 0 spiro atoms. The summed E-state index contributed by atoms with van der Waals surface area (Å²) in [6.07, 6.45) is 1.52. The van der Waals surface area contributed by atoms with E-state index in [4.69, 9.17) is 14.0 Å². The van der Waals surface area contributed by atoms with Crippen molar-refractivity contribution in [1.82, 2.24) is 10.1 Å². The zero-order chi connectivity index (χ0) is 13.9. The highest BCUT2D eigenvalue weighted by molar-refractivity contribution is 5.24. The summed E-state index contributed by atoms with van der Waals surface area (Å²) < 4.78 is 16.6. The molecule has 6 nitrogen and oxygen atoms in total. The van der Waals surface area contributed by atoms with Gasteiger partial charge in [-0.3, -0.25) is 0 Å². The maximum absolute atomic E-state index is 5.91. The average Bonchev–Trinajstić information content (AvgIpc) is 2.77. The molecule has 2 heterocycles. The van der Waals surface area contributed by atoms with Gasteiger partial charge in [-0.25, -0.2) is 0 Å². The molecule has 1 aromatic rings. The normalized spacial score (nSPS) is 19.4. The fourth-order valence-electron chi connectivity index (χ4n) is 2.19. The van der Waals surface area contributed by atoms with Gasteiger partial charge in [0.25, 0.3) is 0 Å². The van der Waals surface area contributed by atoms with Crippen LogP contribution in [-0.4, -0.2) is 35.5 Å². The van der Waals surface area contributed by atoms with Crippen LogP contribution in [0.25, 0.3) is 0 Å². The summed E-state index contributed by atoms with van der Waals surface area (Å²) in [5.41, 5.74) is -0.577. The van der Waals surface area contributed by atoms with Crippen LogP contribution in [0, 0.1) is 0 Å². The molecule has 1 fully saturated rings. The second-order valence-electron chi connectivity index (χ2n) is 5.84. The third-order valence-corrected chi connectivity index (χ3v) is 3.04. The summed E-state index contributed by atoms with van der Waals surface area (Å²) in [4.78, 5) is 4.44. The minimum absolute atomic E-state index is 0.113. The van der Waals surface area contributed by atoms with Crippen LogP contribution in [-0.2, 0) is 15.1 Å². The van der Waals surface area contributed by atoms with Gasteiger partial charge in [0.2, 0.25) is 5.82 Å². The maximum atomic E-state index is 5.91. The van der Waals surface area contributed by atoms with Crippen LogP contribution in [0.2, 0.25) is 0 Å². The van der Waals surface area contributed by atoms with Crippen molar-refractivity contribution in [2.75, 3.05) is 25.1 Å². The second kappa shape index (κ2) is 5.46. The first-order valence-corrected chi connectivity index (χ1v) is 6.79. The highest BCUT2D eigenvalue weighted by Crippen LogP contribution is 2.34. The SMILES string of the molecule is CCOC1(c2noc(NC(C)(C)C)n2)CCOCC1. The third-order valence-electron chi connectivity index (χ3n) is 3.04. The Labute approximate surface area is 113 Å². The van der Waals surface area contributed by atoms with Gasteiger partial charge in [-0.05, 0) is 27.7 Å². The van der Waals surface area contributed by atoms with E-state index in [1.165, 1.54) is 0 Å². The van der Waals surface area contributed by atoms with Gasteiger partial charge in [0, 0.05) is 38.2 Å². The van der Waals surface area contributed by atoms with Crippen LogP contribution in [0.15, 0.2) is 4.52 Å². The summed E-state index contributed by atoms with van der Waals surface area (Å²) in [7, 11) is 0. The number of nitrogens with one attached hydrogen (secondary N) is 1. The van der Waals surface area contributed by atoms with Crippen LogP contribution < -0.4 is 5.32 Å². The Hall–Kier alpha value is -1.14. The number of nitrogens with zero attached hydrogens (tertiary/aromatic N) is 2. The molecule has 0 radical (unpaired) electrons. The van der Waals surface area contributed by atoms with Gasteiger partial charge >= 0.3 is 6.01 Å². The maximum Gasteiger partial charge on any atom is 0.321 e. The second-order valence-corrected chi connectivity index (χ2v) is 5.84. The van der Waals surface area contributed by atoms with Crippen molar-refractivity contribution in [2.24, 2.45) is 0 Å². The first-order chi connectivity index (χ1) is 8.95. The van der Waals surface area contributed by atoms with Gasteiger partial charge in [-0.1, -0.05) is 5.16 Å². The molecule has 0 amide bonds. The summed E-state index contributed by atoms with van der Waals surface area (Å²) in [5.74, 6) is 0.615. The van der Waals surface area contributed by atoms with E-state index in [1.807, 2.05) is 27.7 Å². The van der Waals surface area contributed by atoms with Crippen molar-refractivity contribution in [3.8, 4) is 0 Å². The number of hydrogen-bond acceptors (Lipinski definition) is 6. The fourth-order valence-corrected chi connectivity index (χ4v) is 2.19. The molecule has 0 saturated carbocycles. The van der Waals surface area contributed by atoms with E-state index in [0.29, 0.717) is 31.7 Å². The van der Waals surface area contributed by atoms with Crippen LogP contribution in [0.3, 0.4) is 0 Å². The number of aromatic nitrogens is 2. The Morgan fingerprint density at radius 3 is 2.58 bits per heavy atom. The minimum atomic E-state index is -0.464. The van der Waals surface area contributed by atoms with Crippen LogP contribution >= 0.6 is 0 Å². The van der Waals surface area contributed by atoms with E-state index < -0.39 is 5.60 Å². The van der Waals surface area contributed by atoms with E-state index in [1.54, 1.807) is 0 Å². The molecule has 1 N–H and O–H groups in total. The molecule has 1 aliphatic heterocycles. The monoisotopic (exact) mass is 269 g/mol. The lowest BCUT2D eigenvalue weighted by molar-refractivity contribution is -0.118. The van der Waals surface area contributed by atoms with Gasteiger partial charge in [0.1, 0.15) is 5.60 Å². The Balaban J connectivity index is 2.18. The van der Waals surface area contributed by atoms with Crippen molar-refractivity contribution in [1.29, 1.82) is 0 Å². The van der Waals surface area contributed by atoms with Crippen molar-refractivity contribution in [3.63, 3.8) is 0 Å². The molecule has 6 heteroatoms. The van der Waals surface area contributed by atoms with Crippen LogP contribution in [0.1, 0.15) is 46.4 Å². The molecule has 0 atom stereocenters. The van der Waals surface area contributed by atoms with Crippen molar-refractivity contribution in [2.45, 2.75) is 51.7 Å². The van der Waals surface area contributed by atoms with Gasteiger partial charge in [-0.2, -0.15) is 4.98 Å². The number of ether oxygens (including phenoxy) is 2. The standard InChI is InChI=1S/C13H23N3O3/c1-5-18-13(6-8-17-9-7-13)10-14-11(19-16-10)15-12(2,3)4/h5-9H2,1-4H3,(H,14,15,16). The molecule has 0 bridgehead atoms. The zero-order valence-corrected chi connectivity index (χ0v) is 12.2. The van der Waals surface area contributed by atoms with Crippen molar-refractivity contribution < 1.29 is 14.0 Å². The smallest absolute Gasteiger partial charge is 0.321 e. The van der Waals surface area contributed by atoms with Gasteiger partial charge < -0.3 is 19.3 Å². The topological polar surface area (TPSA) is 69.4 Å². The van der Waals surface area contributed by atoms with E-state index in [9.17, 15) is 0 Å². The van der Waals surface area contributed by atoms with Crippen LogP contribution in [0.5, 0.6) is 0 Å². The Kier molecular flexibility index (Phi) is 4.10. The first-order valence-electron chi connectivity index (χ1n) is 6.79. The minimum Gasteiger partial charge on any atom is -0.381 e. The average molecular weight is 269 g/mol. The zero-order valence-electron chi connectivity index (χ0n) is 12.2. The van der Waals surface area contributed by atoms with Crippen LogP contribution in [0.4, 0.5) is 6.01 Å². The lowest BCUT2D eigenvalue weighted by Crippen LogP contribution is -2.37. The van der Waals surface area contributed by atoms with Crippen molar-refractivity contribution in [3.05, 3.63) is 5.82 Å². The van der Waals surface area contributed by atoms with E-state index in [-0.39, 0.29) is 5.54 Å². The number of rotatable bonds is 4. The Morgan fingerprint density at radius 1 is 1.32 bits per heavy atom. The quantitative estimate of drug-likeness (QED) is 0.904. The molecule has 2 rings (SSSR count). The largest absolute Gasteiger partial charge is 0.381 e. The van der Waals surface area contributed by atoms with Crippen molar-refractivity contribution >= 4 is 6.01 Å². The molecule has 108 valence electrons. The number of hydrogen-bond donors (Lipinski definition) is 1. The summed E-state index contributed by atoms with van der Waals surface area (Å²) in [6.45, 7) is 10.1. The predicted molar refractivity (Wildman–Crippen MR) is 71.0 cm³/mol. The summed E-state index contributed by atoms with van der Waals surface area (Å²) >= 11 is 0. The first kappa shape index (κ1) is 14.3. The van der Waals surface area contributed by atoms with E-state index in [0.717, 1.165) is 12.8 Å². The molecule has 19 heavy (non-hydrogen) atoms. The molecule has 0 aliphatic carbocycles. The third kappa shape index (κ3) is 3.45. The Morgan fingerprint density at radius 2 is 2.00 bits per heavy atom. The molecule has 0 aromatic carbocycles. The van der Waals surface area contributed by atoms with Gasteiger partial charge in [0.05, 0.1) is 0 Å². The summed E-state index contributed by atoms with van der Waals surface area (Å²) in [5, 5.41) is 7.26. The van der Waals surface area contributed by atoms with E-state index >= 15 is 0 Å². The predicted octanol–water partition coefficient (Wildman–Crippen LogP) is 2.32. The lowest BCUT2D eigenvalue weighted by atomic mass is 9.93. The van der Waals surface area contributed by atoms with E-state index in [2.05, 4.69) is 15.5 Å². The van der Waals surface area contributed by atoms with Gasteiger partial charge in [0.15, 0.2) is 0 Å². The highest BCUT2D eigenvalue weighted by Gasteiger charge is 2.40. The number of anilines is 1. The lowest BCUT2D eigenvalue weighted by Gasteiger charge is -2.33. The molecular formula is C13H23N3O3. The summed E-state index contributed by atoms with van der Waals surface area (Å²) in [6, 6.07) is 0.438. The molecule has 1 saturated heterocycles. The molecule has 1 aromatic heterocycles. The Bertz CT molecular complexity index is 400. The molecule has 0 unspecified atom stereocenters. The highest BCUT2D eigenvalue weighted by atomic mass is 16.5. The van der Waals surface area contributed by atoms with Gasteiger partial charge in [-0.15, -0.1) is 0 Å². The molecular weight excluding hydrogens is 246 g/mol. The fraction of sp³-hybridized carbons (Fsp3) is 0.846.